The lowest BCUT2D eigenvalue weighted by atomic mass is 10.0. The molecule has 1 saturated carbocycles. The predicted molar refractivity (Wildman–Crippen MR) is 71.1 cm³/mol. The van der Waals surface area contributed by atoms with Crippen LogP contribution in [-0.4, -0.2) is 24.9 Å². The normalized spacial score (nSPS) is 18.4. The summed E-state index contributed by atoms with van der Waals surface area (Å²) in [6, 6.07) is 5.35. The van der Waals surface area contributed by atoms with Crippen molar-refractivity contribution in [1.82, 2.24) is 0 Å². The molecule has 0 spiro atoms. The van der Waals surface area contributed by atoms with Gasteiger partial charge in [-0.2, -0.15) is 0 Å². The Labute approximate surface area is 113 Å². The Morgan fingerprint density at radius 2 is 2.17 bits per heavy atom. The fraction of sp³-hybridized carbons (Fsp3) is 0.571. The van der Waals surface area contributed by atoms with Crippen molar-refractivity contribution >= 4 is 11.6 Å². The molecule has 0 radical (unpaired) electrons. The van der Waals surface area contributed by atoms with Gasteiger partial charge < -0.3 is 14.6 Å². The van der Waals surface area contributed by atoms with E-state index in [1.165, 1.54) is 0 Å². The highest BCUT2D eigenvalue weighted by Gasteiger charge is 2.37. The van der Waals surface area contributed by atoms with Gasteiger partial charge in [-0.15, -0.1) is 0 Å². The van der Waals surface area contributed by atoms with E-state index >= 15 is 0 Å². The lowest BCUT2D eigenvalue weighted by molar-refractivity contribution is -0.0462. The first kappa shape index (κ1) is 13.7. The van der Waals surface area contributed by atoms with Crippen LogP contribution in [0.15, 0.2) is 18.2 Å². The lowest BCUT2D eigenvalue weighted by Gasteiger charge is -2.23. The quantitative estimate of drug-likeness (QED) is 0.863. The molecule has 1 aromatic rings. The number of hydrogen-bond donors (Lipinski definition) is 1. The van der Waals surface area contributed by atoms with Crippen molar-refractivity contribution < 1.29 is 14.6 Å². The van der Waals surface area contributed by atoms with Crippen LogP contribution in [0.1, 0.15) is 31.4 Å². The Balaban J connectivity index is 2.18. The summed E-state index contributed by atoms with van der Waals surface area (Å²) in [5.41, 5.74) is 0.793. The first-order valence-corrected chi connectivity index (χ1v) is 6.68. The molecule has 0 bridgehead atoms. The van der Waals surface area contributed by atoms with Gasteiger partial charge in [0.25, 0.3) is 0 Å². The number of methoxy groups -OCH3 is 1. The Kier molecular flexibility index (Phi) is 4.49. The van der Waals surface area contributed by atoms with Crippen LogP contribution < -0.4 is 4.74 Å². The topological polar surface area (TPSA) is 38.7 Å². The minimum Gasteiger partial charge on any atom is -0.495 e. The summed E-state index contributed by atoms with van der Waals surface area (Å²) in [5, 5.41) is 11.0. The van der Waals surface area contributed by atoms with Crippen molar-refractivity contribution in [3.05, 3.63) is 28.8 Å². The Hall–Kier alpha value is -0.770. The van der Waals surface area contributed by atoms with Crippen molar-refractivity contribution in [3.8, 4) is 5.75 Å². The van der Waals surface area contributed by atoms with Crippen LogP contribution in [0.5, 0.6) is 5.75 Å². The minimum atomic E-state index is -0.622. The van der Waals surface area contributed by atoms with Crippen LogP contribution in [0.3, 0.4) is 0 Å². The smallest absolute Gasteiger partial charge is 0.137 e. The van der Waals surface area contributed by atoms with Gasteiger partial charge in [-0.05, 0) is 43.4 Å². The number of aliphatic hydroxyl groups is 1. The molecule has 3 nitrogen and oxygen atoms in total. The van der Waals surface area contributed by atoms with E-state index in [-0.39, 0.29) is 6.10 Å². The van der Waals surface area contributed by atoms with E-state index in [0.717, 1.165) is 18.4 Å². The van der Waals surface area contributed by atoms with E-state index in [1.807, 2.05) is 13.0 Å². The molecule has 0 aromatic heterocycles. The Bertz CT molecular complexity index is 404. The third-order valence-electron chi connectivity index (χ3n) is 3.27. The van der Waals surface area contributed by atoms with E-state index in [2.05, 4.69) is 0 Å². The van der Waals surface area contributed by atoms with Gasteiger partial charge in [-0.25, -0.2) is 0 Å². The van der Waals surface area contributed by atoms with Crippen LogP contribution in [0.2, 0.25) is 5.02 Å². The highest BCUT2D eigenvalue weighted by atomic mass is 35.5. The molecule has 0 heterocycles. The van der Waals surface area contributed by atoms with Crippen LogP contribution in [-0.2, 0) is 4.74 Å². The van der Waals surface area contributed by atoms with Gasteiger partial charge in [0.15, 0.2) is 0 Å². The molecular weight excluding hydrogens is 252 g/mol. The maximum Gasteiger partial charge on any atom is 0.137 e. The van der Waals surface area contributed by atoms with Crippen LogP contribution in [0, 0.1) is 5.92 Å². The molecule has 0 amide bonds. The second-order valence-corrected chi connectivity index (χ2v) is 5.00. The first-order valence-electron chi connectivity index (χ1n) is 6.30. The molecule has 1 aliphatic rings. The summed E-state index contributed by atoms with van der Waals surface area (Å²) in [6.45, 7) is 2.56. The maximum absolute atomic E-state index is 10.4. The fourth-order valence-corrected chi connectivity index (χ4v) is 2.35. The molecule has 1 aliphatic carbocycles. The average Bonchev–Trinajstić information content (AvgIpc) is 3.20. The molecular formula is C14H19ClO3. The summed E-state index contributed by atoms with van der Waals surface area (Å²) < 4.78 is 10.8. The molecule has 1 aromatic carbocycles. The highest BCUT2D eigenvalue weighted by molar-refractivity contribution is 6.32. The van der Waals surface area contributed by atoms with Crippen molar-refractivity contribution in [1.29, 1.82) is 0 Å². The monoisotopic (exact) mass is 270 g/mol. The van der Waals surface area contributed by atoms with Gasteiger partial charge in [0.05, 0.1) is 18.2 Å². The maximum atomic E-state index is 10.4. The zero-order valence-electron chi connectivity index (χ0n) is 10.7. The Morgan fingerprint density at radius 3 is 2.72 bits per heavy atom. The fourth-order valence-electron chi connectivity index (χ4n) is 2.15. The van der Waals surface area contributed by atoms with Crippen molar-refractivity contribution in [2.45, 2.75) is 32.0 Å². The molecule has 4 heteroatoms. The molecule has 0 saturated heterocycles. The SMILES string of the molecule is CCOC(C1CC1)C(O)c1ccc(Cl)c(OC)c1. The summed E-state index contributed by atoms with van der Waals surface area (Å²) >= 11 is 5.98. The van der Waals surface area contributed by atoms with Gasteiger partial charge in [0.2, 0.25) is 0 Å². The number of rotatable bonds is 6. The zero-order chi connectivity index (χ0) is 13.1. The van der Waals surface area contributed by atoms with Crippen LogP contribution in [0.4, 0.5) is 0 Å². The van der Waals surface area contributed by atoms with E-state index in [0.29, 0.717) is 23.3 Å². The minimum absolute atomic E-state index is 0.124. The molecule has 1 N–H and O–H groups in total. The van der Waals surface area contributed by atoms with Crippen molar-refractivity contribution in [3.63, 3.8) is 0 Å². The van der Waals surface area contributed by atoms with E-state index in [9.17, 15) is 5.11 Å². The van der Waals surface area contributed by atoms with E-state index in [4.69, 9.17) is 21.1 Å². The standard InChI is InChI=1S/C14H19ClO3/c1-3-18-14(9-4-5-9)13(16)10-6-7-11(15)12(8-10)17-2/h6-9,13-14,16H,3-5H2,1-2H3. The van der Waals surface area contributed by atoms with E-state index < -0.39 is 6.10 Å². The van der Waals surface area contributed by atoms with Gasteiger partial charge >= 0.3 is 0 Å². The molecule has 2 rings (SSSR count). The van der Waals surface area contributed by atoms with Gasteiger partial charge in [0, 0.05) is 6.61 Å². The van der Waals surface area contributed by atoms with E-state index in [1.54, 1.807) is 19.2 Å². The first-order chi connectivity index (χ1) is 8.67. The molecule has 18 heavy (non-hydrogen) atoms. The number of benzene rings is 1. The van der Waals surface area contributed by atoms with Crippen LogP contribution >= 0.6 is 11.6 Å². The van der Waals surface area contributed by atoms with Gasteiger partial charge in [-0.1, -0.05) is 17.7 Å². The molecule has 2 unspecified atom stereocenters. The highest BCUT2D eigenvalue weighted by Crippen LogP contribution is 2.41. The average molecular weight is 271 g/mol. The summed E-state index contributed by atoms with van der Waals surface area (Å²) in [5.74, 6) is 1.06. The van der Waals surface area contributed by atoms with Gasteiger partial charge in [-0.3, -0.25) is 0 Å². The summed E-state index contributed by atoms with van der Waals surface area (Å²) in [4.78, 5) is 0. The molecule has 100 valence electrons. The number of halogens is 1. The second-order valence-electron chi connectivity index (χ2n) is 4.60. The molecule has 0 aliphatic heterocycles. The van der Waals surface area contributed by atoms with Crippen LogP contribution in [0.25, 0.3) is 0 Å². The zero-order valence-corrected chi connectivity index (χ0v) is 11.5. The predicted octanol–water partition coefficient (Wildman–Crippen LogP) is 3.20. The molecule has 1 fully saturated rings. The number of aliphatic hydroxyl groups excluding tert-OH is 1. The number of hydrogen-bond acceptors (Lipinski definition) is 3. The third-order valence-corrected chi connectivity index (χ3v) is 3.59. The molecule has 2 atom stereocenters. The third kappa shape index (κ3) is 2.97. The number of ether oxygens (including phenoxy) is 2. The van der Waals surface area contributed by atoms with Crippen molar-refractivity contribution in [2.24, 2.45) is 5.92 Å². The lowest BCUT2D eigenvalue weighted by Crippen LogP contribution is -2.24. The summed E-state index contributed by atoms with van der Waals surface area (Å²) in [7, 11) is 1.57. The Morgan fingerprint density at radius 1 is 1.44 bits per heavy atom. The second kappa shape index (κ2) is 5.91. The van der Waals surface area contributed by atoms with Gasteiger partial charge in [0.1, 0.15) is 11.9 Å². The summed E-state index contributed by atoms with van der Waals surface area (Å²) in [6.07, 6.45) is 1.52. The van der Waals surface area contributed by atoms with Crippen molar-refractivity contribution in [2.75, 3.05) is 13.7 Å². The largest absolute Gasteiger partial charge is 0.495 e.